The average molecular weight is 427 g/mol. The highest BCUT2D eigenvalue weighted by Gasteiger charge is 2.30. The number of hydrogen-bond donors (Lipinski definition) is 1. The molecule has 2 aromatic carbocycles. The molecule has 0 saturated carbocycles. The summed E-state index contributed by atoms with van der Waals surface area (Å²) in [6.45, 7) is 0.134. The molecule has 2 heterocycles. The monoisotopic (exact) mass is 427 g/mol. The fourth-order valence-corrected chi connectivity index (χ4v) is 3.73. The molecule has 1 amide bonds. The molecule has 4 aromatic rings. The van der Waals surface area contributed by atoms with Gasteiger partial charge >= 0.3 is 6.18 Å². The average Bonchev–Trinajstić information content (AvgIpc) is 3.42. The number of hydrogen-bond acceptors (Lipinski definition) is 3. The van der Waals surface area contributed by atoms with Gasteiger partial charge in [0, 0.05) is 23.9 Å². The first-order valence-electron chi connectivity index (χ1n) is 9.05. The van der Waals surface area contributed by atoms with Crippen LogP contribution in [-0.4, -0.2) is 15.7 Å². The molecule has 0 atom stereocenters. The van der Waals surface area contributed by atoms with Gasteiger partial charge in [-0.15, -0.1) is 11.3 Å². The van der Waals surface area contributed by atoms with E-state index in [1.54, 1.807) is 4.68 Å². The number of nitrogens with one attached hydrogen (secondary N) is 1. The van der Waals surface area contributed by atoms with Gasteiger partial charge in [-0.2, -0.15) is 18.3 Å². The van der Waals surface area contributed by atoms with Crippen LogP contribution in [0, 0.1) is 0 Å². The molecule has 0 bridgehead atoms. The lowest BCUT2D eigenvalue weighted by atomic mass is 10.1. The van der Waals surface area contributed by atoms with Crippen molar-refractivity contribution >= 4 is 17.2 Å². The molecule has 1 N–H and O–H groups in total. The zero-order chi connectivity index (χ0) is 21.1. The molecule has 2 aromatic heterocycles. The van der Waals surface area contributed by atoms with Gasteiger partial charge in [0.25, 0.3) is 5.91 Å². The van der Waals surface area contributed by atoms with Gasteiger partial charge in [-0.1, -0.05) is 30.3 Å². The lowest BCUT2D eigenvalue weighted by molar-refractivity contribution is -0.137. The van der Waals surface area contributed by atoms with Gasteiger partial charge in [-0.25, -0.2) is 4.68 Å². The van der Waals surface area contributed by atoms with E-state index in [9.17, 15) is 18.0 Å². The van der Waals surface area contributed by atoms with Crippen molar-refractivity contribution in [2.24, 2.45) is 0 Å². The molecular weight excluding hydrogens is 411 g/mol. The highest BCUT2D eigenvalue weighted by atomic mass is 32.1. The van der Waals surface area contributed by atoms with Crippen LogP contribution in [0.3, 0.4) is 0 Å². The second-order valence-corrected chi connectivity index (χ2v) is 7.47. The minimum Gasteiger partial charge on any atom is -0.348 e. The summed E-state index contributed by atoms with van der Waals surface area (Å²) in [5.41, 5.74) is 1.45. The molecular formula is C22H16F3N3OS. The molecule has 0 saturated heterocycles. The van der Waals surface area contributed by atoms with Crippen LogP contribution in [0.2, 0.25) is 0 Å². The summed E-state index contributed by atoms with van der Waals surface area (Å²) in [6, 6.07) is 17.7. The fraction of sp³-hybridized carbons (Fsp3) is 0.0909. The first-order chi connectivity index (χ1) is 14.4. The number of thiophene rings is 1. The molecule has 0 radical (unpaired) electrons. The smallest absolute Gasteiger partial charge is 0.348 e. The second kappa shape index (κ2) is 8.16. The van der Waals surface area contributed by atoms with Crippen molar-refractivity contribution in [3.63, 3.8) is 0 Å². The third-order valence-electron chi connectivity index (χ3n) is 4.46. The first-order valence-corrected chi connectivity index (χ1v) is 9.93. The Hall–Kier alpha value is -3.39. The number of alkyl halides is 3. The summed E-state index contributed by atoms with van der Waals surface area (Å²) in [4.78, 5) is 13.4. The van der Waals surface area contributed by atoms with E-state index in [-0.39, 0.29) is 12.1 Å². The number of carbonyl (C=O) groups excluding carboxylic acids is 1. The van der Waals surface area contributed by atoms with Crippen LogP contribution in [0.1, 0.15) is 21.5 Å². The molecule has 0 aliphatic heterocycles. The normalized spacial score (nSPS) is 11.4. The van der Waals surface area contributed by atoms with Gasteiger partial charge in [-0.05, 0) is 41.8 Å². The Balaban J connectivity index is 1.59. The lowest BCUT2D eigenvalue weighted by Crippen LogP contribution is -2.23. The van der Waals surface area contributed by atoms with E-state index in [1.807, 2.05) is 54.0 Å². The van der Waals surface area contributed by atoms with Gasteiger partial charge in [-0.3, -0.25) is 4.79 Å². The van der Waals surface area contributed by atoms with Gasteiger partial charge in [0.1, 0.15) is 5.69 Å². The molecule has 8 heteroatoms. The van der Waals surface area contributed by atoms with Crippen LogP contribution < -0.4 is 5.32 Å². The van der Waals surface area contributed by atoms with E-state index in [0.29, 0.717) is 0 Å². The summed E-state index contributed by atoms with van der Waals surface area (Å²) in [6.07, 6.45) is -2.68. The zero-order valence-corrected chi connectivity index (χ0v) is 16.4. The van der Waals surface area contributed by atoms with E-state index >= 15 is 0 Å². The van der Waals surface area contributed by atoms with Gasteiger partial charge in [0.2, 0.25) is 0 Å². The number of halogens is 3. The van der Waals surface area contributed by atoms with Crippen LogP contribution >= 0.6 is 11.3 Å². The molecule has 0 spiro atoms. The van der Waals surface area contributed by atoms with E-state index in [4.69, 9.17) is 0 Å². The van der Waals surface area contributed by atoms with Gasteiger partial charge in [0.15, 0.2) is 0 Å². The molecule has 0 aliphatic carbocycles. The Kier molecular flexibility index (Phi) is 5.41. The SMILES string of the molecule is O=C(NCc1cn(-c2ccccc2)nc1-c1cccs1)c1cccc(C(F)(F)F)c1. The minimum absolute atomic E-state index is 0.0436. The highest BCUT2D eigenvalue weighted by molar-refractivity contribution is 7.13. The topological polar surface area (TPSA) is 46.9 Å². The van der Waals surface area contributed by atoms with Gasteiger partial charge in [0.05, 0.1) is 16.1 Å². The molecule has 30 heavy (non-hydrogen) atoms. The molecule has 4 nitrogen and oxygen atoms in total. The van der Waals surface area contributed by atoms with Crippen LogP contribution in [0.15, 0.2) is 78.3 Å². The van der Waals surface area contributed by atoms with E-state index in [0.717, 1.165) is 34.0 Å². The third-order valence-corrected chi connectivity index (χ3v) is 5.33. The van der Waals surface area contributed by atoms with Crippen LogP contribution in [-0.2, 0) is 12.7 Å². The van der Waals surface area contributed by atoms with Gasteiger partial charge < -0.3 is 5.32 Å². The molecule has 4 rings (SSSR count). The van der Waals surface area contributed by atoms with Crippen molar-refractivity contribution in [1.29, 1.82) is 0 Å². The maximum absolute atomic E-state index is 12.9. The summed E-state index contributed by atoms with van der Waals surface area (Å²) >= 11 is 1.52. The number of carbonyl (C=O) groups is 1. The van der Waals surface area contributed by atoms with E-state index in [2.05, 4.69) is 10.4 Å². The van der Waals surface area contributed by atoms with E-state index in [1.165, 1.54) is 23.5 Å². The van der Waals surface area contributed by atoms with Crippen molar-refractivity contribution in [3.05, 3.63) is 95.0 Å². The molecule has 0 fully saturated rings. The largest absolute Gasteiger partial charge is 0.416 e. The fourth-order valence-electron chi connectivity index (χ4n) is 2.99. The maximum Gasteiger partial charge on any atom is 0.416 e. The quantitative estimate of drug-likeness (QED) is 0.454. The molecule has 0 unspecified atom stereocenters. The first kappa shape index (κ1) is 19.9. The Morgan fingerprint density at radius 2 is 1.83 bits per heavy atom. The zero-order valence-electron chi connectivity index (χ0n) is 15.6. The lowest BCUT2D eigenvalue weighted by Gasteiger charge is -2.09. The van der Waals surface area contributed by atoms with Crippen LogP contribution in [0.5, 0.6) is 0 Å². The molecule has 0 aliphatic rings. The van der Waals surface area contributed by atoms with Crippen LogP contribution in [0.25, 0.3) is 16.3 Å². The van der Waals surface area contributed by atoms with Crippen molar-refractivity contribution in [2.45, 2.75) is 12.7 Å². The number of rotatable bonds is 5. The summed E-state index contributed by atoms with van der Waals surface area (Å²) < 4.78 is 40.5. The predicted octanol–water partition coefficient (Wildman–Crippen LogP) is 5.55. The molecule has 152 valence electrons. The summed E-state index contributed by atoms with van der Waals surface area (Å²) in [5, 5.41) is 9.29. The Bertz CT molecular complexity index is 1150. The van der Waals surface area contributed by atoms with Crippen molar-refractivity contribution in [1.82, 2.24) is 15.1 Å². The Labute approximate surface area is 174 Å². The summed E-state index contributed by atoms with van der Waals surface area (Å²) in [7, 11) is 0. The minimum atomic E-state index is -4.50. The number of aromatic nitrogens is 2. The Morgan fingerprint density at radius 1 is 1.03 bits per heavy atom. The third kappa shape index (κ3) is 4.28. The number of nitrogens with zero attached hydrogens (tertiary/aromatic N) is 2. The number of benzene rings is 2. The highest BCUT2D eigenvalue weighted by Crippen LogP contribution is 2.30. The van der Waals surface area contributed by atoms with Crippen LogP contribution in [0.4, 0.5) is 13.2 Å². The number of para-hydroxylation sites is 1. The van der Waals surface area contributed by atoms with Crippen molar-refractivity contribution in [2.75, 3.05) is 0 Å². The predicted molar refractivity (Wildman–Crippen MR) is 109 cm³/mol. The van der Waals surface area contributed by atoms with Crippen molar-refractivity contribution in [3.8, 4) is 16.3 Å². The number of amides is 1. The van der Waals surface area contributed by atoms with E-state index < -0.39 is 17.6 Å². The Morgan fingerprint density at radius 3 is 2.53 bits per heavy atom. The standard InChI is InChI=1S/C22H16F3N3OS/c23-22(24,25)17-7-4-6-15(12-17)21(29)26-13-16-14-28(18-8-2-1-3-9-18)27-20(16)19-10-5-11-30-19/h1-12,14H,13H2,(H,26,29). The summed E-state index contributed by atoms with van der Waals surface area (Å²) in [5.74, 6) is -0.578. The van der Waals surface area contributed by atoms with Crippen molar-refractivity contribution < 1.29 is 18.0 Å². The second-order valence-electron chi connectivity index (χ2n) is 6.52. The maximum atomic E-state index is 12.9.